The van der Waals surface area contributed by atoms with Gasteiger partial charge in [-0.15, -0.1) is 0 Å². The molecule has 3 aliphatic heterocycles. The fourth-order valence-electron chi connectivity index (χ4n) is 4.89. The van der Waals surface area contributed by atoms with Gasteiger partial charge in [0.15, 0.2) is 18.0 Å². The highest BCUT2D eigenvalue weighted by atomic mass is 16.7. The number of anilines is 1. The first-order chi connectivity index (χ1) is 14.2. The first kappa shape index (κ1) is 18.5. The van der Waals surface area contributed by atoms with E-state index in [1.807, 2.05) is 17.0 Å². The number of hydrogen-bond donors (Lipinski definition) is 2. The summed E-state index contributed by atoms with van der Waals surface area (Å²) in [6, 6.07) is 14.8. The molecule has 1 amide bonds. The van der Waals surface area contributed by atoms with Crippen molar-refractivity contribution in [1.82, 2.24) is 0 Å². The molecule has 6 heteroatoms. The van der Waals surface area contributed by atoms with Gasteiger partial charge in [-0.1, -0.05) is 18.2 Å². The fraction of sp³-hybridized carbons (Fsp3) is 0.435. The SMILES string of the molecule is C[C@@H]1Cc2ccccc2N1C(=O)C[NH+]1CC[NH+](Cc2ccc3c(c2)OCO3)CC1. The lowest BCUT2D eigenvalue weighted by atomic mass is 10.1. The Labute approximate surface area is 171 Å². The Balaban J connectivity index is 1.15. The third-order valence-corrected chi connectivity index (χ3v) is 6.43. The number of piperazine rings is 1. The highest BCUT2D eigenvalue weighted by Crippen LogP contribution is 2.32. The number of rotatable bonds is 4. The molecular formula is C23H29N3O3+2. The van der Waals surface area contributed by atoms with Gasteiger partial charge in [0.2, 0.25) is 6.79 Å². The zero-order chi connectivity index (χ0) is 19.8. The molecular weight excluding hydrogens is 366 g/mol. The summed E-state index contributed by atoms with van der Waals surface area (Å²) in [7, 11) is 0. The van der Waals surface area contributed by atoms with Crippen molar-refractivity contribution in [2.45, 2.75) is 25.9 Å². The van der Waals surface area contributed by atoms with Crippen LogP contribution in [0.2, 0.25) is 0 Å². The van der Waals surface area contributed by atoms with Crippen LogP contribution in [0.1, 0.15) is 18.1 Å². The van der Waals surface area contributed by atoms with E-state index in [0.717, 1.165) is 56.3 Å². The van der Waals surface area contributed by atoms with Crippen LogP contribution in [0.25, 0.3) is 0 Å². The molecule has 152 valence electrons. The molecule has 1 atom stereocenters. The zero-order valence-corrected chi connectivity index (χ0v) is 16.9. The number of quaternary nitrogens is 2. The van der Waals surface area contributed by atoms with Gasteiger partial charge < -0.3 is 24.2 Å². The van der Waals surface area contributed by atoms with Gasteiger partial charge >= 0.3 is 0 Å². The number of amides is 1. The molecule has 0 saturated carbocycles. The molecule has 0 spiro atoms. The molecule has 29 heavy (non-hydrogen) atoms. The normalized spacial score (nSPS) is 25.1. The average Bonchev–Trinajstić information content (AvgIpc) is 3.32. The summed E-state index contributed by atoms with van der Waals surface area (Å²) in [6.07, 6.45) is 0.963. The number of para-hydroxylation sites is 1. The van der Waals surface area contributed by atoms with Crippen molar-refractivity contribution in [3.63, 3.8) is 0 Å². The molecule has 0 radical (unpaired) electrons. The second-order valence-corrected chi connectivity index (χ2v) is 8.49. The molecule has 1 saturated heterocycles. The summed E-state index contributed by atoms with van der Waals surface area (Å²) < 4.78 is 10.9. The minimum atomic E-state index is 0.261. The highest BCUT2D eigenvalue weighted by Gasteiger charge is 2.34. The van der Waals surface area contributed by atoms with E-state index in [4.69, 9.17) is 9.47 Å². The second kappa shape index (κ2) is 7.69. The number of carbonyl (C=O) groups excluding carboxylic acids is 1. The van der Waals surface area contributed by atoms with Crippen molar-refractivity contribution >= 4 is 11.6 Å². The first-order valence-electron chi connectivity index (χ1n) is 10.6. The van der Waals surface area contributed by atoms with Gasteiger partial charge in [-0.25, -0.2) is 0 Å². The lowest BCUT2D eigenvalue weighted by Crippen LogP contribution is -3.28. The van der Waals surface area contributed by atoms with Crippen LogP contribution >= 0.6 is 0 Å². The van der Waals surface area contributed by atoms with E-state index in [1.165, 1.54) is 16.0 Å². The maximum Gasteiger partial charge on any atom is 0.282 e. The van der Waals surface area contributed by atoms with E-state index in [1.54, 1.807) is 4.90 Å². The minimum absolute atomic E-state index is 0.261. The van der Waals surface area contributed by atoms with Gasteiger partial charge in [0.1, 0.15) is 32.7 Å². The number of fused-ring (bicyclic) bond motifs is 2. The lowest BCUT2D eigenvalue weighted by molar-refractivity contribution is -1.02. The van der Waals surface area contributed by atoms with Crippen molar-refractivity contribution in [2.75, 3.05) is 44.4 Å². The van der Waals surface area contributed by atoms with E-state index in [2.05, 4.69) is 37.3 Å². The van der Waals surface area contributed by atoms with Crippen LogP contribution in [0.4, 0.5) is 5.69 Å². The number of ether oxygens (including phenoxy) is 2. The number of carbonyl (C=O) groups is 1. The molecule has 0 aliphatic carbocycles. The van der Waals surface area contributed by atoms with Crippen LogP contribution < -0.4 is 24.2 Å². The quantitative estimate of drug-likeness (QED) is 0.746. The van der Waals surface area contributed by atoms with Gasteiger partial charge in [0.25, 0.3) is 5.91 Å². The summed E-state index contributed by atoms with van der Waals surface area (Å²) in [5.74, 6) is 1.96. The van der Waals surface area contributed by atoms with Crippen molar-refractivity contribution < 1.29 is 24.1 Å². The van der Waals surface area contributed by atoms with Crippen LogP contribution in [0.15, 0.2) is 42.5 Å². The topological polar surface area (TPSA) is 47.7 Å². The predicted molar refractivity (Wildman–Crippen MR) is 110 cm³/mol. The van der Waals surface area contributed by atoms with Crippen molar-refractivity contribution in [3.8, 4) is 11.5 Å². The van der Waals surface area contributed by atoms with Crippen molar-refractivity contribution in [1.29, 1.82) is 0 Å². The van der Waals surface area contributed by atoms with E-state index in [9.17, 15) is 4.79 Å². The summed E-state index contributed by atoms with van der Waals surface area (Å²) >= 11 is 0. The van der Waals surface area contributed by atoms with Crippen LogP contribution in [-0.4, -0.2) is 51.5 Å². The molecule has 2 aromatic rings. The number of nitrogens with zero attached hydrogens (tertiary/aromatic N) is 1. The van der Waals surface area contributed by atoms with Crippen LogP contribution in [0.5, 0.6) is 11.5 Å². The summed E-state index contributed by atoms with van der Waals surface area (Å²) in [5.41, 5.74) is 3.68. The fourth-order valence-corrected chi connectivity index (χ4v) is 4.89. The zero-order valence-electron chi connectivity index (χ0n) is 16.9. The van der Waals surface area contributed by atoms with E-state index < -0.39 is 0 Å². The third kappa shape index (κ3) is 3.70. The second-order valence-electron chi connectivity index (χ2n) is 8.49. The lowest BCUT2D eigenvalue weighted by Gasteiger charge is -2.31. The van der Waals surface area contributed by atoms with Gasteiger partial charge in [-0.3, -0.25) is 4.79 Å². The molecule has 0 bridgehead atoms. The van der Waals surface area contributed by atoms with Gasteiger partial charge in [-0.2, -0.15) is 0 Å². The van der Waals surface area contributed by atoms with E-state index in [0.29, 0.717) is 13.3 Å². The summed E-state index contributed by atoms with van der Waals surface area (Å²) in [4.78, 5) is 18.0. The third-order valence-electron chi connectivity index (χ3n) is 6.43. The van der Waals surface area contributed by atoms with Crippen LogP contribution in [0.3, 0.4) is 0 Å². The molecule has 5 rings (SSSR count). The smallest absolute Gasteiger partial charge is 0.282 e. The Kier molecular flexibility index (Phi) is 4.89. The highest BCUT2D eigenvalue weighted by molar-refractivity contribution is 5.96. The Hall–Kier alpha value is -2.57. The largest absolute Gasteiger partial charge is 0.454 e. The predicted octanol–water partition coefficient (Wildman–Crippen LogP) is -0.323. The summed E-state index contributed by atoms with van der Waals surface area (Å²) in [5, 5.41) is 0. The minimum Gasteiger partial charge on any atom is -0.454 e. The molecule has 3 aliphatic rings. The van der Waals surface area contributed by atoms with Crippen LogP contribution in [-0.2, 0) is 17.8 Å². The van der Waals surface area contributed by atoms with Crippen molar-refractivity contribution in [2.24, 2.45) is 0 Å². The van der Waals surface area contributed by atoms with E-state index in [-0.39, 0.29) is 11.9 Å². The van der Waals surface area contributed by atoms with Crippen molar-refractivity contribution in [3.05, 3.63) is 53.6 Å². The molecule has 1 fully saturated rings. The number of benzene rings is 2. The first-order valence-corrected chi connectivity index (χ1v) is 10.6. The monoisotopic (exact) mass is 395 g/mol. The average molecular weight is 396 g/mol. The standard InChI is InChI=1S/C23H27N3O3/c1-17-12-19-4-2-3-5-20(19)26(17)23(27)15-25-10-8-24(9-11-25)14-18-6-7-21-22(13-18)29-16-28-21/h2-7,13,17H,8-12,14-16H2,1H3/p+2/t17-/m1/s1. The Morgan fingerprint density at radius 2 is 1.79 bits per heavy atom. The van der Waals surface area contributed by atoms with Gasteiger partial charge in [-0.05, 0) is 43.2 Å². The molecule has 2 N–H and O–H groups in total. The van der Waals surface area contributed by atoms with Crippen LogP contribution in [0, 0.1) is 0 Å². The van der Waals surface area contributed by atoms with Gasteiger partial charge in [0.05, 0.1) is 0 Å². The Morgan fingerprint density at radius 3 is 2.66 bits per heavy atom. The molecule has 0 aromatic heterocycles. The molecule has 6 nitrogen and oxygen atoms in total. The van der Waals surface area contributed by atoms with E-state index >= 15 is 0 Å². The maximum atomic E-state index is 13.0. The van der Waals surface area contributed by atoms with Gasteiger partial charge in [0, 0.05) is 17.3 Å². The molecule has 2 aromatic carbocycles. The summed E-state index contributed by atoms with van der Waals surface area (Å²) in [6.45, 7) is 8.31. The number of nitrogens with one attached hydrogen (secondary N) is 2. The molecule has 0 unspecified atom stereocenters. The Morgan fingerprint density at radius 1 is 1.03 bits per heavy atom. The Bertz CT molecular complexity index is 908. The number of hydrogen-bond acceptors (Lipinski definition) is 3. The maximum absolute atomic E-state index is 13.0. The molecule has 3 heterocycles.